The van der Waals surface area contributed by atoms with Crippen LogP contribution in [0.2, 0.25) is 5.02 Å². The maximum absolute atomic E-state index is 13.4. The molecule has 2 aromatic carbocycles. The van der Waals surface area contributed by atoms with Crippen LogP contribution in [0, 0.1) is 20.8 Å². The van der Waals surface area contributed by atoms with Crippen LogP contribution in [-0.4, -0.2) is 109 Å². The Labute approximate surface area is 348 Å². The third-order valence-electron chi connectivity index (χ3n) is 11.0. The van der Waals surface area contributed by atoms with Crippen LogP contribution in [0.15, 0.2) is 59.6 Å². The molecule has 2 saturated heterocycles. The van der Waals surface area contributed by atoms with Crippen molar-refractivity contribution in [3.8, 4) is 5.00 Å². The lowest BCUT2D eigenvalue weighted by molar-refractivity contribution is -0.137. The average molecular weight is 837 g/mol. The predicted molar refractivity (Wildman–Crippen MR) is 220 cm³/mol. The Balaban J connectivity index is 0.845. The summed E-state index contributed by atoms with van der Waals surface area (Å²) >= 11 is 7.88. The van der Waals surface area contributed by atoms with Gasteiger partial charge in [0.15, 0.2) is 5.82 Å². The second kappa shape index (κ2) is 16.3. The monoisotopic (exact) mass is 836 g/mol. The van der Waals surface area contributed by atoms with Crippen LogP contribution in [0.3, 0.4) is 0 Å². The first-order chi connectivity index (χ1) is 28.4. The number of piperazine rings is 1. The highest BCUT2D eigenvalue weighted by Gasteiger charge is 2.45. The Morgan fingerprint density at radius 2 is 1.73 bits per heavy atom. The number of imide groups is 2. The first-order valence-electron chi connectivity index (χ1n) is 19.4. The fraction of sp³-hybridized carbons (Fsp3) is 0.341. The number of thiophene rings is 1. The molecule has 1 unspecified atom stereocenters. The largest absolute Gasteiger partial charge is 0.384 e. The number of rotatable bonds is 10. The quantitative estimate of drug-likeness (QED) is 0.120. The molecule has 18 heteroatoms. The number of carbonyl (C=O) groups is 6. The van der Waals surface area contributed by atoms with Gasteiger partial charge in [-0.15, -0.1) is 21.5 Å². The summed E-state index contributed by atoms with van der Waals surface area (Å²) in [5, 5.41) is 17.6. The van der Waals surface area contributed by atoms with Gasteiger partial charge >= 0.3 is 0 Å². The highest BCUT2D eigenvalue weighted by atomic mass is 35.5. The van der Waals surface area contributed by atoms with Gasteiger partial charge in [-0.2, -0.15) is 0 Å². The lowest BCUT2D eigenvalue weighted by Gasteiger charge is -2.34. The normalized spacial score (nSPS) is 19.3. The Morgan fingerprint density at radius 1 is 0.966 bits per heavy atom. The number of aromatic nitrogens is 3. The summed E-state index contributed by atoms with van der Waals surface area (Å²) < 4.78 is 2.02. The second-order valence-corrected chi connectivity index (χ2v) is 16.4. The molecule has 4 aliphatic rings. The minimum absolute atomic E-state index is 0.0349. The van der Waals surface area contributed by atoms with Gasteiger partial charge in [-0.3, -0.25) is 54.0 Å². The predicted octanol–water partition coefficient (Wildman–Crippen LogP) is 3.82. The van der Waals surface area contributed by atoms with E-state index in [0.717, 1.165) is 43.0 Å². The molecule has 2 aromatic heterocycles. The van der Waals surface area contributed by atoms with Crippen molar-refractivity contribution in [3.05, 3.63) is 104 Å². The smallest absolute Gasteiger partial charge is 0.264 e. The summed E-state index contributed by atoms with van der Waals surface area (Å²) in [6, 6.07) is 10.8. The van der Waals surface area contributed by atoms with Crippen molar-refractivity contribution in [1.82, 2.24) is 40.3 Å². The van der Waals surface area contributed by atoms with E-state index in [4.69, 9.17) is 16.6 Å². The van der Waals surface area contributed by atoms with E-state index in [2.05, 4.69) is 40.1 Å². The number of carbonyl (C=O) groups excluding carboxylic acids is 6. The molecule has 6 amide bonds. The molecule has 16 nitrogen and oxygen atoms in total. The Morgan fingerprint density at radius 3 is 2.47 bits per heavy atom. The number of piperidine rings is 1. The van der Waals surface area contributed by atoms with E-state index in [1.165, 1.54) is 12.1 Å². The van der Waals surface area contributed by atoms with E-state index in [9.17, 15) is 28.8 Å². The standard InChI is InChI=1S/C41H41ClN10O6S/c1-22-23(2)59-41-34(22)36(25-9-11-26(42)12-10-25)44-29(37-47-46-24(3)51(37)41)13-15-32(54)48-50-20-18-49(19-21-50)33(55)8-5-17-43-28-7-4-6-27-35(28)40(58)52(39(27)57)30-14-16-31(53)45-38(30)56/h4,6-7,9-13,15,29-30,43H,5,8,14,16-21H2,1-3H3,(H,48,54)(H,45,53,56)/b15-13+/t29-,30?/m0/s1. The van der Waals surface area contributed by atoms with Crippen LogP contribution in [0.1, 0.15) is 85.7 Å². The minimum Gasteiger partial charge on any atom is -0.384 e. The molecule has 0 radical (unpaired) electrons. The molecule has 2 atom stereocenters. The number of amides is 6. The molecule has 0 bridgehead atoms. The molecule has 8 rings (SSSR count). The summed E-state index contributed by atoms with van der Waals surface area (Å²) in [6.45, 7) is 8.15. The number of hydrogen-bond acceptors (Lipinski definition) is 12. The fourth-order valence-electron chi connectivity index (χ4n) is 7.81. The fourth-order valence-corrected chi connectivity index (χ4v) is 9.15. The van der Waals surface area contributed by atoms with Gasteiger partial charge in [-0.05, 0) is 69.5 Å². The molecule has 59 heavy (non-hydrogen) atoms. The molecule has 0 spiro atoms. The maximum atomic E-state index is 13.4. The van der Waals surface area contributed by atoms with Crippen LogP contribution in [0.5, 0.6) is 0 Å². The van der Waals surface area contributed by atoms with Gasteiger partial charge in [-0.25, -0.2) is 5.01 Å². The van der Waals surface area contributed by atoms with E-state index < -0.39 is 35.7 Å². The third-order valence-corrected chi connectivity index (χ3v) is 12.4. The molecule has 4 aliphatic heterocycles. The lowest BCUT2D eigenvalue weighted by atomic mass is 10.00. The molecule has 4 aromatic rings. The van der Waals surface area contributed by atoms with Gasteiger partial charge < -0.3 is 10.2 Å². The molecule has 0 saturated carbocycles. The zero-order valence-corrected chi connectivity index (χ0v) is 34.2. The number of benzene rings is 2. The van der Waals surface area contributed by atoms with Crippen LogP contribution < -0.4 is 16.1 Å². The van der Waals surface area contributed by atoms with Crippen molar-refractivity contribution in [1.29, 1.82) is 0 Å². The third kappa shape index (κ3) is 7.68. The molecular formula is C41H41ClN10O6S. The molecule has 2 fully saturated rings. The molecule has 304 valence electrons. The van der Waals surface area contributed by atoms with Crippen LogP contribution in [0.4, 0.5) is 5.69 Å². The Bertz CT molecular complexity index is 2470. The van der Waals surface area contributed by atoms with Gasteiger partial charge in [0.2, 0.25) is 17.7 Å². The van der Waals surface area contributed by atoms with Crippen molar-refractivity contribution in [3.63, 3.8) is 0 Å². The number of nitrogens with one attached hydrogen (secondary N) is 3. The molecular weight excluding hydrogens is 796 g/mol. The summed E-state index contributed by atoms with van der Waals surface area (Å²) in [5.41, 5.74) is 7.51. The zero-order valence-electron chi connectivity index (χ0n) is 32.6. The van der Waals surface area contributed by atoms with E-state index in [1.54, 1.807) is 39.5 Å². The number of halogens is 1. The molecule has 6 heterocycles. The van der Waals surface area contributed by atoms with E-state index in [-0.39, 0.29) is 42.2 Å². The number of nitrogens with zero attached hydrogens (tertiary/aromatic N) is 7. The van der Waals surface area contributed by atoms with Crippen molar-refractivity contribution in [2.75, 3.05) is 38.0 Å². The van der Waals surface area contributed by atoms with Gasteiger partial charge in [0.05, 0.1) is 16.8 Å². The first-order valence-corrected chi connectivity index (χ1v) is 20.6. The number of aryl methyl sites for hydroxylation is 2. The molecule has 0 aliphatic carbocycles. The van der Waals surface area contributed by atoms with Crippen LogP contribution >= 0.6 is 22.9 Å². The topological polar surface area (TPSA) is 191 Å². The van der Waals surface area contributed by atoms with Gasteiger partial charge in [-0.1, -0.05) is 29.8 Å². The van der Waals surface area contributed by atoms with Crippen molar-refractivity contribution >= 4 is 69.8 Å². The summed E-state index contributed by atoms with van der Waals surface area (Å²) in [7, 11) is 0. The second-order valence-electron chi connectivity index (χ2n) is 14.7. The summed E-state index contributed by atoms with van der Waals surface area (Å²) in [6.07, 6.45) is 4.02. The highest BCUT2D eigenvalue weighted by molar-refractivity contribution is 7.15. The van der Waals surface area contributed by atoms with E-state index in [1.807, 2.05) is 35.8 Å². The van der Waals surface area contributed by atoms with E-state index >= 15 is 0 Å². The Kier molecular flexibility index (Phi) is 11.0. The Hall–Kier alpha value is -6.04. The zero-order chi connectivity index (χ0) is 41.5. The number of aliphatic imine (C=N–C) groups is 1. The van der Waals surface area contributed by atoms with Crippen molar-refractivity contribution < 1.29 is 28.8 Å². The van der Waals surface area contributed by atoms with Crippen molar-refractivity contribution in [2.45, 2.75) is 58.5 Å². The maximum Gasteiger partial charge on any atom is 0.264 e. The van der Waals surface area contributed by atoms with Crippen molar-refractivity contribution in [2.24, 2.45) is 4.99 Å². The lowest BCUT2D eigenvalue weighted by Crippen LogP contribution is -2.54. The van der Waals surface area contributed by atoms with Gasteiger partial charge in [0.25, 0.3) is 17.7 Å². The number of fused-ring (bicyclic) bond motifs is 4. The van der Waals surface area contributed by atoms with Gasteiger partial charge in [0.1, 0.15) is 22.9 Å². The van der Waals surface area contributed by atoms with Gasteiger partial charge in [0, 0.05) is 78.4 Å². The number of anilines is 1. The number of hydrazine groups is 1. The molecule has 3 N–H and O–H groups in total. The summed E-state index contributed by atoms with van der Waals surface area (Å²) in [4.78, 5) is 86.0. The van der Waals surface area contributed by atoms with Crippen LogP contribution in [0.25, 0.3) is 5.00 Å². The van der Waals surface area contributed by atoms with Crippen LogP contribution in [-0.2, 0) is 19.2 Å². The number of hydrogen-bond donors (Lipinski definition) is 3. The first kappa shape index (κ1) is 39.8. The highest BCUT2D eigenvalue weighted by Crippen LogP contribution is 2.39. The van der Waals surface area contributed by atoms with E-state index in [0.29, 0.717) is 55.7 Å². The average Bonchev–Trinajstić information content (AvgIpc) is 3.79. The minimum atomic E-state index is -1.05. The SMILES string of the molecule is Cc1sc2c(c1C)C(c1ccc(Cl)cc1)=N[C@@H](/C=C/C(=O)NN1CCN(C(=O)CCCNc3cccc4c3C(=O)N(C3CCC(=O)NC3=O)C4=O)CC1)c1nnc(C)n1-2. The summed E-state index contributed by atoms with van der Waals surface area (Å²) in [5.74, 6) is -1.32.